The number of rotatable bonds is 4. The highest BCUT2D eigenvalue weighted by molar-refractivity contribution is 9.10. The van der Waals surface area contributed by atoms with E-state index in [1.54, 1.807) is 12.3 Å². The summed E-state index contributed by atoms with van der Waals surface area (Å²) in [6.45, 7) is 1.98. The van der Waals surface area contributed by atoms with Crippen molar-refractivity contribution in [2.75, 3.05) is 5.32 Å². The summed E-state index contributed by atoms with van der Waals surface area (Å²) in [5.41, 5.74) is 1.81. The predicted molar refractivity (Wildman–Crippen MR) is 77.4 cm³/mol. The average molecular weight is 321 g/mol. The Balaban J connectivity index is 2.24. The Kier molecular flexibility index (Phi) is 4.16. The number of hydrogen-bond donors (Lipinski definition) is 2. The van der Waals surface area contributed by atoms with Gasteiger partial charge in [0.15, 0.2) is 0 Å². The summed E-state index contributed by atoms with van der Waals surface area (Å²) in [5.74, 6) is -0.989. The van der Waals surface area contributed by atoms with Crippen molar-refractivity contribution in [2.24, 2.45) is 0 Å². The first-order chi connectivity index (χ1) is 9.08. The zero-order valence-corrected chi connectivity index (χ0v) is 11.9. The molecule has 1 aromatic carbocycles. The molecule has 2 N–H and O–H groups in total. The molecule has 2 rings (SSSR count). The molecule has 0 saturated carbocycles. The van der Waals surface area contributed by atoms with E-state index in [-0.39, 0.29) is 11.6 Å². The van der Waals surface area contributed by atoms with Crippen LogP contribution in [0.15, 0.2) is 47.2 Å². The highest BCUT2D eigenvalue weighted by Gasteiger charge is 2.12. The second kappa shape index (κ2) is 5.84. The summed E-state index contributed by atoms with van der Waals surface area (Å²) in [6, 6.07) is 9.55. The van der Waals surface area contributed by atoms with Gasteiger partial charge < -0.3 is 10.4 Å². The maximum absolute atomic E-state index is 11.1. The molecule has 1 aromatic heterocycles. The fourth-order valence-corrected chi connectivity index (χ4v) is 2.20. The van der Waals surface area contributed by atoms with E-state index in [0.717, 1.165) is 10.0 Å². The van der Waals surface area contributed by atoms with E-state index in [0.29, 0.717) is 5.69 Å². The number of pyridine rings is 1. The van der Waals surface area contributed by atoms with Crippen LogP contribution in [-0.4, -0.2) is 16.1 Å². The highest BCUT2D eigenvalue weighted by Crippen LogP contribution is 2.23. The Morgan fingerprint density at radius 1 is 1.42 bits per heavy atom. The molecule has 0 aliphatic carbocycles. The number of aromatic carboxylic acids is 1. The van der Waals surface area contributed by atoms with Crippen molar-refractivity contribution in [1.29, 1.82) is 0 Å². The summed E-state index contributed by atoms with van der Waals surface area (Å²) < 4.78 is 0.992. The topological polar surface area (TPSA) is 62.2 Å². The molecule has 0 fully saturated rings. The minimum Gasteiger partial charge on any atom is -0.478 e. The van der Waals surface area contributed by atoms with Crippen molar-refractivity contribution >= 4 is 27.6 Å². The van der Waals surface area contributed by atoms with Crippen LogP contribution in [0.5, 0.6) is 0 Å². The lowest BCUT2D eigenvalue weighted by molar-refractivity contribution is 0.0697. The third-order valence-corrected chi connectivity index (χ3v) is 3.27. The van der Waals surface area contributed by atoms with Crippen LogP contribution in [0.2, 0.25) is 0 Å². The van der Waals surface area contributed by atoms with Crippen molar-refractivity contribution in [2.45, 2.75) is 13.0 Å². The Morgan fingerprint density at radius 2 is 2.21 bits per heavy atom. The Labute approximate surface area is 119 Å². The highest BCUT2D eigenvalue weighted by atomic mass is 79.9. The molecule has 0 amide bonds. The summed E-state index contributed by atoms with van der Waals surface area (Å²) in [4.78, 5) is 14.9. The number of carboxylic acid groups (broad SMARTS) is 1. The Bertz CT molecular complexity index is 602. The predicted octanol–water partition coefficient (Wildman–Crippen LogP) is 3.72. The van der Waals surface area contributed by atoms with E-state index in [2.05, 4.69) is 26.2 Å². The van der Waals surface area contributed by atoms with Crippen molar-refractivity contribution in [3.63, 3.8) is 0 Å². The van der Waals surface area contributed by atoms with Crippen molar-refractivity contribution in [3.05, 3.63) is 58.3 Å². The number of benzene rings is 1. The lowest BCUT2D eigenvalue weighted by Gasteiger charge is -2.17. The van der Waals surface area contributed by atoms with Gasteiger partial charge in [-0.2, -0.15) is 0 Å². The van der Waals surface area contributed by atoms with E-state index in [1.165, 1.54) is 6.20 Å². The SMILES string of the molecule is CC(Nc1ccncc1C(=O)O)c1cccc(Br)c1. The molecule has 2 aromatic rings. The van der Waals surface area contributed by atoms with Crippen LogP contribution in [0.3, 0.4) is 0 Å². The molecule has 0 radical (unpaired) electrons. The standard InChI is InChI=1S/C14H13BrN2O2/c1-9(10-3-2-4-11(15)7-10)17-13-5-6-16-8-12(13)14(18)19/h2-9H,1H3,(H,16,17)(H,18,19). The molecule has 0 spiro atoms. The molecule has 5 heteroatoms. The van der Waals surface area contributed by atoms with Gasteiger partial charge in [-0.05, 0) is 30.7 Å². The largest absolute Gasteiger partial charge is 0.478 e. The number of carboxylic acids is 1. The first-order valence-corrected chi connectivity index (χ1v) is 6.56. The molecule has 98 valence electrons. The van der Waals surface area contributed by atoms with Crippen LogP contribution in [0.1, 0.15) is 28.9 Å². The van der Waals surface area contributed by atoms with Gasteiger partial charge in [-0.3, -0.25) is 4.98 Å². The van der Waals surface area contributed by atoms with E-state index >= 15 is 0 Å². The number of carbonyl (C=O) groups is 1. The third kappa shape index (κ3) is 3.32. The van der Waals surface area contributed by atoms with Crippen LogP contribution in [0, 0.1) is 0 Å². The molecule has 19 heavy (non-hydrogen) atoms. The summed E-state index contributed by atoms with van der Waals surface area (Å²) in [6.07, 6.45) is 2.92. The maximum Gasteiger partial charge on any atom is 0.339 e. The molecule has 0 bridgehead atoms. The van der Waals surface area contributed by atoms with Gasteiger partial charge >= 0.3 is 5.97 Å². The van der Waals surface area contributed by atoms with Gasteiger partial charge in [0, 0.05) is 22.9 Å². The monoisotopic (exact) mass is 320 g/mol. The summed E-state index contributed by atoms with van der Waals surface area (Å²) in [5, 5.41) is 12.3. The molecule has 4 nitrogen and oxygen atoms in total. The minimum atomic E-state index is -0.989. The second-order valence-electron chi connectivity index (χ2n) is 4.15. The van der Waals surface area contributed by atoms with Gasteiger partial charge in [0.1, 0.15) is 5.56 Å². The van der Waals surface area contributed by atoms with E-state index in [1.807, 2.05) is 31.2 Å². The van der Waals surface area contributed by atoms with Crippen LogP contribution in [0.4, 0.5) is 5.69 Å². The number of anilines is 1. The van der Waals surface area contributed by atoms with Gasteiger partial charge in [-0.25, -0.2) is 4.79 Å². The quantitative estimate of drug-likeness (QED) is 0.901. The molecular weight excluding hydrogens is 308 g/mol. The first-order valence-electron chi connectivity index (χ1n) is 5.77. The van der Waals surface area contributed by atoms with E-state index in [9.17, 15) is 4.79 Å². The van der Waals surface area contributed by atoms with E-state index in [4.69, 9.17) is 5.11 Å². The van der Waals surface area contributed by atoms with Crippen LogP contribution < -0.4 is 5.32 Å². The smallest absolute Gasteiger partial charge is 0.339 e. The van der Waals surface area contributed by atoms with Gasteiger partial charge in [-0.1, -0.05) is 28.1 Å². The molecule has 0 aliphatic rings. The lowest BCUT2D eigenvalue weighted by Crippen LogP contribution is -2.11. The van der Waals surface area contributed by atoms with Gasteiger partial charge in [0.25, 0.3) is 0 Å². The zero-order valence-electron chi connectivity index (χ0n) is 10.3. The van der Waals surface area contributed by atoms with Gasteiger partial charge in [0.2, 0.25) is 0 Å². The van der Waals surface area contributed by atoms with Crippen LogP contribution >= 0.6 is 15.9 Å². The Hall–Kier alpha value is -1.88. The molecule has 1 atom stereocenters. The molecular formula is C14H13BrN2O2. The van der Waals surface area contributed by atoms with Gasteiger partial charge in [0.05, 0.1) is 5.69 Å². The average Bonchev–Trinajstić information content (AvgIpc) is 2.39. The van der Waals surface area contributed by atoms with Crippen molar-refractivity contribution < 1.29 is 9.90 Å². The number of aromatic nitrogens is 1. The van der Waals surface area contributed by atoms with E-state index < -0.39 is 5.97 Å². The zero-order chi connectivity index (χ0) is 13.8. The molecule has 1 unspecified atom stereocenters. The number of halogens is 1. The van der Waals surface area contributed by atoms with Crippen LogP contribution in [0.25, 0.3) is 0 Å². The molecule has 0 aliphatic heterocycles. The van der Waals surface area contributed by atoms with Crippen molar-refractivity contribution in [3.8, 4) is 0 Å². The minimum absolute atomic E-state index is 0.00185. The maximum atomic E-state index is 11.1. The normalized spacial score (nSPS) is 11.9. The Morgan fingerprint density at radius 3 is 2.89 bits per heavy atom. The third-order valence-electron chi connectivity index (χ3n) is 2.77. The van der Waals surface area contributed by atoms with Crippen LogP contribution in [-0.2, 0) is 0 Å². The summed E-state index contributed by atoms with van der Waals surface area (Å²) in [7, 11) is 0. The first kappa shape index (κ1) is 13.5. The number of nitrogens with zero attached hydrogens (tertiary/aromatic N) is 1. The molecule has 1 heterocycles. The second-order valence-corrected chi connectivity index (χ2v) is 5.06. The molecule has 0 saturated heterocycles. The fourth-order valence-electron chi connectivity index (χ4n) is 1.78. The fraction of sp³-hybridized carbons (Fsp3) is 0.143. The summed E-state index contributed by atoms with van der Waals surface area (Å²) >= 11 is 3.42. The number of nitrogens with one attached hydrogen (secondary N) is 1. The lowest BCUT2D eigenvalue weighted by atomic mass is 10.1. The van der Waals surface area contributed by atoms with Gasteiger partial charge in [-0.15, -0.1) is 0 Å². The number of hydrogen-bond acceptors (Lipinski definition) is 3. The van der Waals surface area contributed by atoms with Crippen molar-refractivity contribution in [1.82, 2.24) is 4.98 Å².